The van der Waals surface area contributed by atoms with Gasteiger partial charge in [-0.25, -0.2) is 4.39 Å². The lowest BCUT2D eigenvalue weighted by molar-refractivity contribution is -0.118. The Balaban J connectivity index is 1.49. The van der Waals surface area contributed by atoms with E-state index in [-0.39, 0.29) is 17.0 Å². The maximum Gasteiger partial charge on any atom is 0.241 e. The molecule has 1 aliphatic heterocycles. The van der Waals surface area contributed by atoms with Crippen molar-refractivity contribution in [3.63, 3.8) is 0 Å². The topological polar surface area (TPSA) is 68.2 Å². The minimum Gasteiger partial charge on any atom is -0.371 e. The average molecular weight is 401 g/mol. The second-order valence-corrected chi connectivity index (χ2v) is 7.33. The van der Waals surface area contributed by atoms with Crippen molar-refractivity contribution < 1.29 is 9.18 Å². The van der Waals surface area contributed by atoms with Crippen molar-refractivity contribution in [1.29, 1.82) is 5.26 Å². The molecule has 3 rings (SSSR count). The summed E-state index contributed by atoms with van der Waals surface area (Å²) in [5.41, 5.74) is 2.16. The maximum atomic E-state index is 13.1. The smallest absolute Gasteiger partial charge is 0.241 e. The molecule has 1 unspecified atom stereocenters. The van der Waals surface area contributed by atoms with Gasteiger partial charge in [0.05, 0.1) is 28.4 Å². The molecular weight excluding hydrogens is 379 g/mol. The Bertz CT molecular complexity index is 873. The van der Waals surface area contributed by atoms with Gasteiger partial charge in [-0.05, 0) is 62.2 Å². The van der Waals surface area contributed by atoms with E-state index in [4.69, 9.17) is 16.9 Å². The number of carbonyl (C=O) groups excluding carboxylic acids is 1. The highest BCUT2D eigenvalue weighted by atomic mass is 35.5. The number of hydrogen-bond acceptors (Lipinski definition) is 4. The number of benzene rings is 2. The number of nitrogens with one attached hydrogen (secondary N) is 2. The molecule has 1 atom stereocenters. The molecule has 1 heterocycles. The van der Waals surface area contributed by atoms with Gasteiger partial charge in [0.2, 0.25) is 5.91 Å². The molecule has 0 saturated carbocycles. The predicted molar refractivity (Wildman–Crippen MR) is 109 cm³/mol. The van der Waals surface area contributed by atoms with E-state index >= 15 is 0 Å². The summed E-state index contributed by atoms with van der Waals surface area (Å²) in [6.07, 6.45) is 1.82. The van der Waals surface area contributed by atoms with Gasteiger partial charge in [0, 0.05) is 24.8 Å². The van der Waals surface area contributed by atoms with Gasteiger partial charge < -0.3 is 15.5 Å². The van der Waals surface area contributed by atoms with Gasteiger partial charge in [0.1, 0.15) is 5.82 Å². The van der Waals surface area contributed by atoms with Crippen molar-refractivity contribution in [2.75, 3.05) is 23.3 Å². The predicted octanol–water partition coefficient (Wildman–Crippen LogP) is 3.94. The van der Waals surface area contributed by atoms with Crippen LogP contribution in [0, 0.1) is 17.1 Å². The Morgan fingerprint density at radius 3 is 2.54 bits per heavy atom. The summed E-state index contributed by atoms with van der Waals surface area (Å²) in [6, 6.07) is 13.4. The zero-order valence-electron chi connectivity index (χ0n) is 15.6. The van der Waals surface area contributed by atoms with Crippen molar-refractivity contribution in [3.8, 4) is 6.07 Å². The normalized spacial score (nSPS) is 15.7. The van der Waals surface area contributed by atoms with Crippen molar-refractivity contribution in [1.82, 2.24) is 5.32 Å². The largest absolute Gasteiger partial charge is 0.371 e. The fourth-order valence-corrected chi connectivity index (χ4v) is 3.53. The van der Waals surface area contributed by atoms with Crippen molar-refractivity contribution in [2.45, 2.75) is 31.8 Å². The van der Waals surface area contributed by atoms with Gasteiger partial charge in [0.25, 0.3) is 0 Å². The van der Waals surface area contributed by atoms with Crippen LogP contribution in [0.25, 0.3) is 0 Å². The molecule has 0 bridgehead atoms. The summed E-state index contributed by atoms with van der Waals surface area (Å²) in [4.78, 5) is 14.7. The lowest BCUT2D eigenvalue weighted by atomic mass is 10.0. The number of carbonyl (C=O) groups is 1. The van der Waals surface area contributed by atoms with Crippen molar-refractivity contribution in [3.05, 3.63) is 58.9 Å². The minimum absolute atomic E-state index is 0.177. The van der Waals surface area contributed by atoms with Crippen LogP contribution in [0.15, 0.2) is 42.5 Å². The molecular formula is C21H22ClFN4O. The Labute approximate surface area is 169 Å². The van der Waals surface area contributed by atoms with E-state index in [1.807, 2.05) is 24.3 Å². The quantitative estimate of drug-likeness (QED) is 0.797. The van der Waals surface area contributed by atoms with Crippen LogP contribution in [0.4, 0.5) is 15.8 Å². The van der Waals surface area contributed by atoms with Crippen LogP contribution in [0.3, 0.4) is 0 Å². The van der Waals surface area contributed by atoms with Crippen LogP contribution in [-0.4, -0.2) is 31.1 Å². The number of amides is 1. The molecule has 1 fully saturated rings. The number of nitrogens with zero attached hydrogens (tertiary/aromatic N) is 2. The molecule has 2 N–H and O–H groups in total. The monoisotopic (exact) mass is 400 g/mol. The molecule has 7 heteroatoms. The van der Waals surface area contributed by atoms with Gasteiger partial charge >= 0.3 is 0 Å². The van der Waals surface area contributed by atoms with E-state index in [1.165, 1.54) is 18.2 Å². The molecule has 0 spiro atoms. The summed E-state index contributed by atoms with van der Waals surface area (Å²) >= 11 is 5.97. The van der Waals surface area contributed by atoms with Crippen LogP contribution in [0.2, 0.25) is 5.02 Å². The summed E-state index contributed by atoms with van der Waals surface area (Å²) < 4.78 is 13.1. The Morgan fingerprint density at radius 1 is 1.25 bits per heavy atom. The zero-order chi connectivity index (χ0) is 20.1. The lowest BCUT2D eigenvalue weighted by Crippen LogP contribution is -2.49. The molecule has 146 valence electrons. The highest BCUT2D eigenvalue weighted by molar-refractivity contribution is 6.33. The first-order valence-corrected chi connectivity index (χ1v) is 9.61. The van der Waals surface area contributed by atoms with Crippen molar-refractivity contribution in [2.24, 2.45) is 0 Å². The third-order valence-electron chi connectivity index (χ3n) is 4.92. The van der Waals surface area contributed by atoms with E-state index in [0.717, 1.165) is 31.6 Å². The summed E-state index contributed by atoms with van der Waals surface area (Å²) in [5.74, 6) is -0.647. The standard InChI is InChI=1S/C21H22ClFN4O/c1-14(21(28)26-20-7-4-16(23)12-19(20)22)25-17-8-10-27(11-9-17)18-5-2-15(13-24)3-6-18/h2-7,12,14,17,25H,8-11H2,1H3,(H,26,28). The molecule has 5 nitrogen and oxygen atoms in total. The Kier molecular flexibility index (Phi) is 6.50. The zero-order valence-corrected chi connectivity index (χ0v) is 16.3. The minimum atomic E-state index is -0.441. The number of rotatable bonds is 5. The SMILES string of the molecule is CC(NC1CCN(c2ccc(C#N)cc2)CC1)C(=O)Nc1ccc(F)cc1Cl. The molecule has 2 aromatic rings. The molecule has 1 aliphatic rings. The van der Waals surface area contributed by atoms with E-state index < -0.39 is 11.9 Å². The Morgan fingerprint density at radius 2 is 1.93 bits per heavy atom. The van der Waals surface area contributed by atoms with Gasteiger partial charge in [-0.15, -0.1) is 0 Å². The molecule has 0 radical (unpaired) electrons. The van der Waals surface area contributed by atoms with Crippen LogP contribution < -0.4 is 15.5 Å². The van der Waals surface area contributed by atoms with Crippen LogP contribution in [0.1, 0.15) is 25.3 Å². The summed E-state index contributed by atoms with van der Waals surface area (Å²) in [7, 11) is 0. The van der Waals surface area contributed by atoms with Crippen molar-refractivity contribution >= 4 is 28.9 Å². The number of anilines is 2. The highest BCUT2D eigenvalue weighted by Crippen LogP contribution is 2.23. The van der Waals surface area contributed by atoms with Gasteiger partial charge in [0.15, 0.2) is 0 Å². The third-order valence-corrected chi connectivity index (χ3v) is 5.24. The fourth-order valence-electron chi connectivity index (χ4n) is 3.31. The third kappa shape index (κ3) is 5.00. The first-order chi connectivity index (χ1) is 13.5. The second kappa shape index (κ2) is 9.05. The maximum absolute atomic E-state index is 13.1. The Hall–Kier alpha value is -2.62. The van der Waals surface area contributed by atoms with Crippen LogP contribution in [0.5, 0.6) is 0 Å². The molecule has 0 aromatic heterocycles. The first-order valence-electron chi connectivity index (χ1n) is 9.23. The molecule has 28 heavy (non-hydrogen) atoms. The fraction of sp³-hybridized carbons (Fsp3) is 0.333. The van der Waals surface area contributed by atoms with E-state index in [0.29, 0.717) is 11.3 Å². The number of halogens is 2. The van der Waals surface area contributed by atoms with Crippen LogP contribution >= 0.6 is 11.6 Å². The summed E-state index contributed by atoms with van der Waals surface area (Å²) in [5, 5.41) is 15.2. The first kappa shape index (κ1) is 20.1. The molecule has 2 aromatic carbocycles. The summed E-state index contributed by atoms with van der Waals surface area (Å²) in [6.45, 7) is 3.56. The lowest BCUT2D eigenvalue weighted by Gasteiger charge is -2.35. The molecule has 1 amide bonds. The average Bonchev–Trinajstić information content (AvgIpc) is 2.70. The second-order valence-electron chi connectivity index (χ2n) is 6.92. The number of nitriles is 1. The van der Waals surface area contributed by atoms with Gasteiger partial charge in [-0.1, -0.05) is 11.6 Å². The van der Waals surface area contributed by atoms with Gasteiger partial charge in [-0.3, -0.25) is 4.79 Å². The van der Waals surface area contributed by atoms with E-state index in [9.17, 15) is 9.18 Å². The van der Waals surface area contributed by atoms with Gasteiger partial charge in [-0.2, -0.15) is 5.26 Å². The number of hydrogen-bond donors (Lipinski definition) is 2. The van der Waals surface area contributed by atoms with E-state index in [1.54, 1.807) is 6.92 Å². The van der Waals surface area contributed by atoms with E-state index in [2.05, 4.69) is 21.6 Å². The molecule has 0 aliphatic carbocycles. The highest BCUT2D eigenvalue weighted by Gasteiger charge is 2.23. The number of piperidine rings is 1. The van der Waals surface area contributed by atoms with Crippen LogP contribution in [-0.2, 0) is 4.79 Å². The molecule has 1 saturated heterocycles.